The van der Waals surface area contributed by atoms with Gasteiger partial charge in [-0.1, -0.05) is 13.8 Å². The van der Waals surface area contributed by atoms with Gasteiger partial charge in [0, 0.05) is 10.9 Å². The fraction of sp³-hybridized carbons (Fsp3) is 0.600. The molecule has 0 amide bonds. The molecule has 3 nitrogen and oxygen atoms in total. The van der Waals surface area contributed by atoms with E-state index in [1.165, 1.54) is 0 Å². The lowest BCUT2D eigenvalue weighted by Gasteiger charge is -2.07. The molecule has 0 fully saturated rings. The third-order valence-corrected chi connectivity index (χ3v) is 2.36. The molecule has 0 aliphatic rings. The summed E-state index contributed by atoms with van der Waals surface area (Å²) in [5.41, 5.74) is 0.951. The van der Waals surface area contributed by atoms with E-state index in [0.717, 1.165) is 10.7 Å². The van der Waals surface area contributed by atoms with Crippen LogP contribution in [-0.2, 0) is 0 Å². The molecule has 78 valence electrons. The van der Waals surface area contributed by atoms with Gasteiger partial charge in [-0.2, -0.15) is 4.98 Å². The van der Waals surface area contributed by atoms with Crippen LogP contribution in [0, 0.1) is 6.92 Å². The van der Waals surface area contributed by atoms with Gasteiger partial charge in [0.15, 0.2) is 0 Å². The maximum atomic E-state index is 5.27. The average molecular weight is 212 g/mol. The van der Waals surface area contributed by atoms with Crippen LogP contribution in [0.1, 0.15) is 26.5 Å². The van der Waals surface area contributed by atoms with E-state index in [4.69, 9.17) is 4.74 Å². The Labute approximate surface area is 89.3 Å². The summed E-state index contributed by atoms with van der Waals surface area (Å²) in [6.45, 7) is 8.77. The lowest BCUT2D eigenvalue weighted by atomic mass is 10.5. The Morgan fingerprint density at radius 2 is 2.14 bits per heavy atom. The quantitative estimate of drug-likeness (QED) is 0.568. The predicted octanol–water partition coefficient (Wildman–Crippen LogP) is 2.68. The minimum absolute atomic E-state index is 0.482. The summed E-state index contributed by atoms with van der Waals surface area (Å²) in [5.74, 6) is 0. The second kappa shape index (κ2) is 5.20. The highest BCUT2D eigenvalue weighted by atomic mass is 32.2. The fourth-order valence-electron chi connectivity index (χ4n) is 1.01. The Morgan fingerprint density at radius 3 is 2.71 bits per heavy atom. The van der Waals surface area contributed by atoms with Crippen LogP contribution in [-0.4, -0.2) is 21.8 Å². The van der Waals surface area contributed by atoms with E-state index >= 15 is 0 Å². The van der Waals surface area contributed by atoms with Gasteiger partial charge in [-0.25, -0.2) is 4.98 Å². The molecule has 0 bridgehead atoms. The average Bonchev–Trinajstić information content (AvgIpc) is 2.01. The molecule has 0 aliphatic heterocycles. The zero-order valence-corrected chi connectivity index (χ0v) is 9.89. The highest BCUT2D eigenvalue weighted by Crippen LogP contribution is 2.22. The van der Waals surface area contributed by atoms with Crippen LogP contribution in [0.4, 0.5) is 0 Å². The van der Waals surface area contributed by atoms with Gasteiger partial charge in [0.25, 0.3) is 0 Å². The van der Waals surface area contributed by atoms with Crippen molar-refractivity contribution in [2.24, 2.45) is 0 Å². The Morgan fingerprint density at radius 1 is 1.43 bits per heavy atom. The second-order valence-corrected chi connectivity index (χ2v) is 4.83. The molecule has 0 unspecified atom stereocenters. The van der Waals surface area contributed by atoms with Crippen LogP contribution in [0.3, 0.4) is 0 Å². The Hall–Kier alpha value is -0.770. The monoisotopic (exact) mass is 212 g/mol. The number of hydrogen-bond donors (Lipinski definition) is 0. The molecule has 0 aromatic carbocycles. The molecule has 14 heavy (non-hydrogen) atoms. The maximum Gasteiger partial charge on any atom is 0.317 e. The molecule has 0 saturated carbocycles. The summed E-state index contributed by atoms with van der Waals surface area (Å²) in [7, 11) is 0. The first kappa shape index (κ1) is 11.3. The summed E-state index contributed by atoms with van der Waals surface area (Å²) < 4.78 is 5.27. The van der Waals surface area contributed by atoms with Crippen LogP contribution < -0.4 is 4.74 Å². The molecular formula is C10H16N2OS. The van der Waals surface area contributed by atoms with E-state index in [1.807, 2.05) is 19.9 Å². The minimum atomic E-state index is 0.482. The Bertz CT molecular complexity index is 302. The first-order chi connectivity index (χ1) is 6.61. The lowest BCUT2D eigenvalue weighted by Crippen LogP contribution is -2.00. The zero-order valence-electron chi connectivity index (χ0n) is 9.07. The van der Waals surface area contributed by atoms with Gasteiger partial charge < -0.3 is 4.74 Å². The SMILES string of the molecule is CCOc1nc(C)cc(SC(C)C)n1. The van der Waals surface area contributed by atoms with E-state index in [0.29, 0.717) is 17.9 Å². The number of aromatic nitrogens is 2. The molecule has 0 radical (unpaired) electrons. The Balaban J connectivity index is 2.83. The molecular weight excluding hydrogens is 196 g/mol. The van der Waals surface area contributed by atoms with Crippen molar-refractivity contribution < 1.29 is 4.74 Å². The van der Waals surface area contributed by atoms with Crippen LogP contribution in [0.2, 0.25) is 0 Å². The third kappa shape index (κ3) is 3.54. The van der Waals surface area contributed by atoms with E-state index < -0.39 is 0 Å². The van der Waals surface area contributed by atoms with Crippen LogP contribution in [0.5, 0.6) is 6.01 Å². The predicted molar refractivity (Wildman–Crippen MR) is 58.9 cm³/mol. The topological polar surface area (TPSA) is 35.0 Å². The van der Waals surface area contributed by atoms with Crippen molar-refractivity contribution in [1.29, 1.82) is 0 Å². The van der Waals surface area contributed by atoms with Gasteiger partial charge >= 0.3 is 6.01 Å². The molecule has 0 atom stereocenters. The van der Waals surface area contributed by atoms with Crippen LogP contribution >= 0.6 is 11.8 Å². The van der Waals surface area contributed by atoms with Gasteiger partial charge in [0.05, 0.1) is 6.61 Å². The molecule has 1 aromatic rings. The second-order valence-electron chi connectivity index (χ2n) is 3.23. The summed E-state index contributed by atoms with van der Waals surface area (Å²) >= 11 is 1.72. The summed E-state index contributed by atoms with van der Waals surface area (Å²) in [5, 5.41) is 1.51. The van der Waals surface area contributed by atoms with Crippen molar-refractivity contribution in [3.63, 3.8) is 0 Å². The summed E-state index contributed by atoms with van der Waals surface area (Å²) in [6, 6.07) is 2.46. The van der Waals surface area contributed by atoms with Crippen molar-refractivity contribution in [2.75, 3.05) is 6.61 Å². The van der Waals surface area contributed by atoms with Crippen molar-refractivity contribution >= 4 is 11.8 Å². The lowest BCUT2D eigenvalue weighted by molar-refractivity contribution is 0.309. The molecule has 1 aromatic heterocycles. The van der Waals surface area contributed by atoms with E-state index in [9.17, 15) is 0 Å². The number of nitrogens with zero attached hydrogens (tertiary/aromatic N) is 2. The highest BCUT2D eigenvalue weighted by Gasteiger charge is 2.04. The van der Waals surface area contributed by atoms with Gasteiger partial charge in [-0.15, -0.1) is 11.8 Å². The fourth-order valence-corrected chi connectivity index (χ4v) is 1.86. The van der Waals surface area contributed by atoms with Gasteiger partial charge in [-0.05, 0) is 19.9 Å². The number of ether oxygens (including phenoxy) is 1. The van der Waals surface area contributed by atoms with E-state index in [1.54, 1.807) is 11.8 Å². The van der Waals surface area contributed by atoms with Crippen molar-refractivity contribution in [1.82, 2.24) is 9.97 Å². The highest BCUT2D eigenvalue weighted by molar-refractivity contribution is 7.99. The molecule has 0 N–H and O–H groups in total. The first-order valence-corrected chi connectivity index (χ1v) is 5.65. The zero-order chi connectivity index (χ0) is 10.6. The maximum absolute atomic E-state index is 5.27. The normalized spacial score (nSPS) is 10.6. The number of hydrogen-bond acceptors (Lipinski definition) is 4. The summed E-state index contributed by atoms with van der Waals surface area (Å²) in [4.78, 5) is 8.48. The molecule has 0 spiro atoms. The summed E-state index contributed by atoms with van der Waals surface area (Å²) in [6.07, 6.45) is 0. The molecule has 4 heteroatoms. The smallest absolute Gasteiger partial charge is 0.317 e. The molecule has 1 rings (SSSR count). The van der Waals surface area contributed by atoms with Crippen molar-refractivity contribution in [2.45, 2.75) is 38.0 Å². The van der Waals surface area contributed by atoms with Gasteiger partial charge in [-0.3, -0.25) is 0 Å². The third-order valence-electron chi connectivity index (χ3n) is 1.44. The molecule has 0 saturated heterocycles. The molecule has 0 aliphatic carbocycles. The molecule has 1 heterocycles. The standard InChI is InChI=1S/C10H16N2OS/c1-5-13-10-11-8(4)6-9(12-10)14-7(2)3/h6-7H,5H2,1-4H3. The van der Waals surface area contributed by atoms with E-state index in [-0.39, 0.29) is 0 Å². The van der Waals surface area contributed by atoms with Crippen molar-refractivity contribution in [3.8, 4) is 6.01 Å². The number of aryl methyl sites for hydroxylation is 1. The van der Waals surface area contributed by atoms with E-state index in [2.05, 4.69) is 23.8 Å². The first-order valence-electron chi connectivity index (χ1n) is 4.77. The largest absolute Gasteiger partial charge is 0.464 e. The van der Waals surface area contributed by atoms with Crippen molar-refractivity contribution in [3.05, 3.63) is 11.8 Å². The van der Waals surface area contributed by atoms with Gasteiger partial charge in [0.1, 0.15) is 5.03 Å². The minimum Gasteiger partial charge on any atom is -0.464 e. The number of thioether (sulfide) groups is 1. The van der Waals surface area contributed by atoms with Gasteiger partial charge in [0.2, 0.25) is 0 Å². The van der Waals surface area contributed by atoms with Crippen LogP contribution in [0.15, 0.2) is 11.1 Å². The Kier molecular flexibility index (Phi) is 4.20. The number of rotatable bonds is 4. The van der Waals surface area contributed by atoms with Crippen LogP contribution in [0.25, 0.3) is 0 Å².